The molecule has 1 N–H and O–H groups in total. The van der Waals surface area contributed by atoms with Crippen LogP contribution in [0.5, 0.6) is 0 Å². The first kappa shape index (κ1) is 15.1. The molecule has 5 atom stereocenters. The van der Waals surface area contributed by atoms with Crippen LogP contribution in [-0.4, -0.2) is 22.9 Å². The van der Waals surface area contributed by atoms with Gasteiger partial charge < -0.3 is 9.84 Å². The van der Waals surface area contributed by atoms with Gasteiger partial charge in [0.05, 0.1) is 17.8 Å². The molecular weight excluding hydrogens is 236 g/mol. The van der Waals surface area contributed by atoms with Gasteiger partial charge in [0.15, 0.2) is 0 Å². The normalized spacial score (nSPS) is 47.9. The number of aliphatic hydroxyl groups excluding tert-OH is 1. The van der Waals surface area contributed by atoms with Crippen molar-refractivity contribution >= 4 is 0 Å². The minimum atomic E-state index is -0.267. The molecule has 1 aliphatic heterocycles. The van der Waals surface area contributed by atoms with Gasteiger partial charge in [0.2, 0.25) is 0 Å². The van der Waals surface area contributed by atoms with Crippen molar-refractivity contribution in [2.45, 2.75) is 84.5 Å². The predicted octanol–water partition coefficient (Wildman–Crippen LogP) is 4.08. The zero-order valence-corrected chi connectivity index (χ0v) is 13.2. The molecule has 2 aliphatic carbocycles. The van der Waals surface area contributed by atoms with Crippen molar-refractivity contribution < 1.29 is 9.84 Å². The SMILES string of the molecule is CC.CCC1=CC(O)C[C@@]2(C)CCC3CC12OC3C. The molecule has 0 aromatic carbocycles. The van der Waals surface area contributed by atoms with E-state index in [0.717, 1.165) is 18.8 Å². The highest BCUT2D eigenvalue weighted by atomic mass is 16.5. The van der Waals surface area contributed by atoms with Gasteiger partial charge in [-0.05, 0) is 50.5 Å². The van der Waals surface area contributed by atoms with Crippen LogP contribution in [0.2, 0.25) is 0 Å². The summed E-state index contributed by atoms with van der Waals surface area (Å²) in [5, 5.41) is 10.1. The van der Waals surface area contributed by atoms with Gasteiger partial charge in [-0.3, -0.25) is 0 Å². The zero-order chi connectivity index (χ0) is 14.3. The van der Waals surface area contributed by atoms with Crippen molar-refractivity contribution in [1.82, 2.24) is 0 Å². The van der Waals surface area contributed by atoms with Crippen molar-refractivity contribution in [2.75, 3.05) is 0 Å². The highest BCUT2D eigenvalue weighted by Gasteiger charge is 2.61. The van der Waals surface area contributed by atoms with Crippen LogP contribution < -0.4 is 0 Å². The number of hydrogen-bond acceptors (Lipinski definition) is 2. The van der Waals surface area contributed by atoms with Crippen LogP contribution in [0.4, 0.5) is 0 Å². The van der Waals surface area contributed by atoms with E-state index in [-0.39, 0.29) is 17.1 Å². The van der Waals surface area contributed by atoms with Gasteiger partial charge in [-0.25, -0.2) is 0 Å². The van der Waals surface area contributed by atoms with Crippen molar-refractivity contribution in [3.63, 3.8) is 0 Å². The molecule has 19 heavy (non-hydrogen) atoms. The van der Waals surface area contributed by atoms with E-state index in [0.29, 0.717) is 6.10 Å². The number of hydrogen-bond donors (Lipinski definition) is 1. The molecule has 1 heterocycles. The van der Waals surface area contributed by atoms with Gasteiger partial charge in [0, 0.05) is 5.41 Å². The van der Waals surface area contributed by atoms with Gasteiger partial charge in [0.1, 0.15) is 0 Å². The quantitative estimate of drug-likeness (QED) is 0.725. The number of fused-ring (bicyclic) bond motifs is 1. The third kappa shape index (κ3) is 2.08. The Balaban J connectivity index is 0.000000637. The van der Waals surface area contributed by atoms with Gasteiger partial charge in [0.25, 0.3) is 0 Å². The molecule has 0 aromatic rings. The highest BCUT2D eigenvalue weighted by molar-refractivity contribution is 5.31. The van der Waals surface area contributed by atoms with Gasteiger partial charge in [-0.15, -0.1) is 0 Å². The molecule has 3 rings (SSSR count). The Kier molecular flexibility index (Phi) is 4.13. The molecule has 1 saturated carbocycles. The summed E-state index contributed by atoms with van der Waals surface area (Å²) in [5.41, 5.74) is 1.45. The summed E-state index contributed by atoms with van der Waals surface area (Å²) in [6.45, 7) is 10.7. The number of rotatable bonds is 1. The molecule has 1 saturated heterocycles. The summed E-state index contributed by atoms with van der Waals surface area (Å²) in [6, 6.07) is 0. The molecule has 0 amide bonds. The lowest BCUT2D eigenvalue weighted by molar-refractivity contribution is -0.113. The summed E-state index contributed by atoms with van der Waals surface area (Å²) >= 11 is 0. The Hall–Kier alpha value is -0.340. The third-order valence-electron chi connectivity index (χ3n) is 5.60. The van der Waals surface area contributed by atoms with E-state index in [9.17, 15) is 5.11 Å². The first-order chi connectivity index (χ1) is 9.01. The van der Waals surface area contributed by atoms with Crippen molar-refractivity contribution in [3.8, 4) is 0 Å². The zero-order valence-electron chi connectivity index (χ0n) is 13.2. The fourth-order valence-electron chi connectivity index (χ4n) is 4.58. The Bertz CT molecular complexity index is 358. The Morgan fingerprint density at radius 3 is 2.68 bits per heavy atom. The molecular formula is C17H30O2. The first-order valence-corrected chi connectivity index (χ1v) is 8.08. The molecule has 110 valence electrons. The van der Waals surface area contributed by atoms with Gasteiger partial charge in [-0.2, -0.15) is 0 Å². The fourth-order valence-corrected chi connectivity index (χ4v) is 4.58. The van der Waals surface area contributed by atoms with E-state index < -0.39 is 0 Å². The summed E-state index contributed by atoms with van der Waals surface area (Å²) in [6.07, 6.45) is 7.72. The molecule has 2 bridgehead atoms. The van der Waals surface area contributed by atoms with Crippen LogP contribution in [0, 0.1) is 11.3 Å². The largest absolute Gasteiger partial charge is 0.389 e. The second-order valence-corrected chi connectivity index (χ2v) is 6.53. The van der Waals surface area contributed by atoms with E-state index in [1.165, 1.54) is 24.8 Å². The van der Waals surface area contributed by atoms with E-state index in [2.05, 4.69) is 26.8 Å². The molecule has 2 nitrogen and oxygen atoms in total. The molecule has 2 heteroatoms. The summed E-state index contributed by atoms with van der Waals surface area (Å²) < 4.78 is 6.45. The highest BCUT2D eigenvalue weighted by Crippen LogP contribution is 2.62. The van der Waals surface area contributed by atoms with E-state index in [4.69, 9.17) is 4.74 Å². The standard InChI is InChI=1S/C15H24O2.C2H6/c1-4-12-7-13(16)9-14(3)6-5-11-8-15(12,14)17-10(11)2;1-2/h7,10-11,13,16H,4-6,8-9H2,1-3H3;1-2H3/t10?,11?,13?,14-,15?;/m1./s1. The monoisotopic (exact) mass is 266 g/mol. The Morgan fingerprint density at radius 2 is 2.05 bits per heavy atom. The molecule has 0 aromatic heterocycles. The lowest BCUT2D eigenvalue weighted by atomic mass is 9.55. The van der Waals surface area contributed by atoms with Gasteiger partial charge in [-0.1, -0.05) is 33.8 Å². The third-order valence-corrected chi connectivity index (χ3v) is 5.60. The fraction of sp³-hybridized carbons (Fsp3) is 0.882. The summed E-state index contributed by atoms with van der Waals surface area (Å²) in [7, 11) is 0. The van der Waals surface area contributed by atoms with Crippen molar-refractivity contribution in [1.29, 1.82) is 0 Å². The second kappa shape index (κ2) is 5.21. The maximum Gasteiger partial charge on any atom is 0.0954 e. The second-order valence-electron chi connectivity index (χ2n) is 6.53. The van der Waals surface area contributed by atoms with Crippen LogP contribution in [-0.2, 0) is 4.74 Å². The van der Waals surface area contributed by atoms with Gasteiger partial charge >= 0.3 is 0 Å². The maximum atomic E-state index is 10.1. The minimum Gasteiger partial charge on any atom is -0.389 e. The Labute approximate surface area is 118 Å². The van der Waals surface area contributed by atoms with Crippen molar-refractivity contribution in [3.05, 3.63) is 11.6 Å². The topological polar surface area (TPSA) is 29.5 Å². The van der Waals surface area contributed by atoms with Crippen LogP contribution >= 0.6 is 0 Å². The number of ether oxygens (including phenoxy) is 1. The lowest BCUT2D eigenvalue weighted by Crippen LogP contribution is -2.53. The van der Waals surface area contributed by atoms with E-state index in [1.807, 2.05) is 13.8 Å². The molecule has 3 aliphatic rings. The Morgan fingerprint density at radius 1 is 1.37 bits per heavy atom. The van der Waals surface area contributed by atoms with Crippen LogP contribution in [0.15, 0.2) is 11.6 Å². The first-order valence-electron chi connectivity index (χ1n) is 8.08. The molecule has 4 unspecified atom stereocenters. The van der Waals surface area contributed by atoms with E-state index >= 15 is 0 Å². The van der Waals surface area contributed by atoms with E-state index in [1.54, 1.807) is 0 Å². The average molecular weight is 266 g/mol. The molecule has 2 fully saturated rings. The van der Waals surface area contributed by atoms with Crippen LogP contribution in [0.1, 0.15) is 66.7 Å². The smallest absolute Gasteiger partial charge is 0.0954 e. The summed E-state index contributed by atoms with van der Waals surface area (Å²) in [4.78, 5) is 0. The minimum absolute atomic E-state index is 0.0523. The van der Waals surface area contributed by atoms with Crippen LogP contribution in [0.3, 0.4) is 0 Å². The maximum absolute atomic E-state index is 10.1. The summed E-state index contributed by atoms with van der Waals surface area (Å²) in [5.74, 6) is 0.730. The molecule has 0 radical (unpaired) electrons. The number of aliphatic hydroxyl groups is 1. The van der Waals surface area contributed by atoms with Crippen LogP contribution in [0.25, 0.3) is 0 Å². The average Bonchev–Trinajstić information content (AvgIpc) is 2.68. The molecule has 1 spiro atoms. The predicted molar refractivity (Wildman–Crippen MR) is 79.1 cm³/mol. The lowest BCUT2D eigenvalue weighted by Gasteiger charge is -2.53. The van der Waals surface area contributed by atoms with Crippen molar-refractivity contribution in [2.24, 2.45) is 11.3 Å².